The number of aliphatic hydroxyl groups is 2. The first kappa shape index (κ1) is 16.0. The summed E-state index contributed by atoms with van der Waals surface area (Å²) in [6, 6.07) is 0. The first-order chi connectivity index (χ1) is 6.72. The Bertz CT molecular complexity index is 101. The summed E-state index contributed by atoms with van der Waals surface area (Å²) in [7, 11) is 0. The van der Waals surface area contributed by atoms with Crippen LogP contribution in [-0.2, 0) is 4.79 Å². The van der Waals surface area contributed by atoms with Crippen molar-refractivity contribution < 1.29 is 15.0 Å². The van der Waals surface area contributed by atoms with E-state index in [0.717, 1.165) is 38.5 Å². The molecule has 0 aliphatic carbocycles. The van der Waals surface area contributed by atoms with Crippen molar-refractivity contribution in [1.29, 1.82) is 0 Å². The van der Waals surface area contributed by atoms with Crippen LogP contribution in [0, 0.1) is 0 Å². The van der Waals surface area contributed by atoms with Gasteiger partial charge in [0, 0.05) is 12.8 Å². The molecule has 0 saturated carbocycles. The number of hydrogen-bond donors (Lipinski definition) is 2. The second-order valence-electron chi connectivity index (χ2n) is 3.19. The van der Waals surface area contributed by atoms with Gasteiger partial charge in [-0.15, -0.1) is 0 Å². The molecule has 3 heteroatoms. The molecule has 0 heterocycles. The van der Waals surface area contributed by atoms with Crippen LogP contribution < -0.4 is 0 Å². The van der Waals surface area contributed by atoms with Crippen molar-refractivity contribution in [1.82, 2.24) is 0 Å². The second kappa shape index (κ2) is 15.1. The van der Waals surface area contributed by atoms with Gasteiger partial charge in [-0.25, -0.2) is 0 Å². The van der Waals surface area contributed by atoms with Crippen molar-refractivity contribution in [2.75, 3.05) is 13.2 Å². The van der Waals surface area contributed by atoms with Crippen molar-refractivity contribution in [3.63, 3.8) is 0 Å². The van der Waals surface area contributed by atoms with Crippen LogP contribution in [0.25, 0.3) is 0 Å². The molecule has 0 aromatic heterocycles. The van der Waals surface area contributed by atoms with E-state index in [4.69, 9.17) is 10.2 Å². The number of hydrogen-bond acceptors (Lipinski definition) is 3. The second-order valence-corrected chi connectivity index (χ2v) is 3.19. The van der Waals surface area contributed by atoms with Crippen molar-refractivity contribution in [3.05, 3.63) is 0 Å². The molecule has 14 heavy (non-hydrogen) atoms. The van der Waals surface area contributed by atoms with Crippen LogP contribution >= 0.6 is 0 Å². The van der Waals surface area contributed by atoms with E-state index in [1.165, 1.54) is 0 Å². The molecule has 0 spiro atoms. The molecule has 0 aliphatic heterocycles. The lowest BCUT2D eigenvalue weighted by atomic mass is 10.1. The van der Waals surface area contributed by atoms with E-state index in [9.17, 15) is 4.79 Å². The van der Waals surface area contributed by atoms with Gasteiger partial charge in [0.05, 0.1) is 13.2 Å². The van der Waals surface area contributed by atoms with Crippen molar-refractivity contribution >= 4 is 5.78 Å². The maximum atomic E-state index is 11.0. The van der Waals surface area contributed by atoms with Crippen molar-refractivity contribution in [3.8, 4) is 0 Å². The van der Waals surface area contributed by atoms with E-state index in [-0.39, 0.29) is 13.2 Å². The van der Waals surface area contributed by atoms with Crippen LogP contribution in [0.1, 0.15) is 52.4 Å². The van der Waals surface area contributed by atoms with Gasteiger partial charge in [0.25, 0.3) is 0 Å². The minimum absolute atomic E-state index is 0.125. The lowest BCUT2D eigenvalue weighted by molar-refractivity contribution is -0.119. The van der Waals surface area contributed by atoms with Gasteiger partial charge in [-0.3, -0.25) is 4.79 Å². The molecule has 0 bridgehead atoms. The van der Waals surface area contributed by atoms with Gasteiger partial charge >= 0.3 is 0 Å². The molecule has 0 aromatic rings. The zero-order valence-electron chi connectivity index (χ0n) is 9.46. The SMILES string of the molecule is CCCCC(=O)CCCC.OCCO. The number of carbonyl (C=O) groups is 1. The fourth-order valence-electron chi connectivity index (χ4n) is 0.873. The van der Waals surface area contributed by atoms with Gasteiger partial charge in [0.15, 0.2) is 0 Å². The van der Waals surface area contributed by atoms with Crippen molar-refractivity contribution in [2.45, 2.75) is 52.4 Å². The fourth-order valence-corrected chi connectivity index (χ4v) is 0.873. The average Bonchev–Trinajstić information content (AvgIpc) is 2.23. The van der Waals surface area contributed by atoms with Crippen molar-refractivity contribution in [2.24, 2.45) is 0 Å². The van der Waals surface area contributed by atoms with E-state index in [0.29, 0.717) is 5.78 Å². The molecular formula is C11H24O3. The van der Waals surface area contributed by atoms with Gasteiger partial charge in [-0.2, -0.15) is 0 Å². The highest BCUT2D eigenvalue weighted by Crippen LogP contribution is 2.02. The summed E-state index contributed by atoms with van der Waals surface area (Å²) in [4.78, 5) is 11.0. The Labute approximate surface area is 87.1 Å². The van der Waals surface area contributed by atoms with Gasteiger partial charge in [-0.1, -0.05) is 26.7 Å². The largest absolute Gasteiger partial charge is 0.394 e. The molecule has 0 aromatic carbocycles. The lowest BCUT2D eigenvalue weighted by Crippen LogP contribution is -1.96. The Kier molecular flexibility index (Phi) is 17.3. The number of unbranched alkanes of at least 4 members (excludes halogenated alkanes) is 2. The molecule has 0 amide bonds. The average molecular weight is 204 g/mol. The summed E-state index contributed by atoms with van der Waals surface area (Å²) in [6.07, 6.45) is 6.02. The Balaban J connectivity index is 0. The number of carbonyl (C=O) groups excluding carboxylic acids is 1. The minimum Gasteiger partial charge on any atom is -0.394 e. The number of rotatable bonds is 7. The molecule has 86 valence electrons. The van der Waals surface area contributed by atoms with Crippen LogP contribution in [0.5, 0.6) is 0 Å². The summed E-state index contributed by atoms with van der Waals surface area (Å²) < 4.78 is 0. The zero-order valence-corrected chi connectivity index (χ0v) is 9.46. The molecule has 0 saturated heterocycles. The standard InChI is InChI=1S/C9H18O.C2H6O2/c1-3-5-7-9(10)8-6-4-2;3-1-2-4/h3-8H2,1-2H3;3-4H,1-2H2. The topological polar surface area (TPSA) is 57.5 Å². The maximum absolute atomic E-state index is 11.0. The van der Waals surface area contributed by atoms with Crippen LogP contribution in [0.15, 0.2) is 0 Å². The molecule has 0 aliphatic rings. The van der Waals surface area contributed by atoms with E-state index in [1.807, 2.05) is 0 Å². The molecule has 0 unspecified atom stereocenters. The normalized spacial score (nSPS) is 9.14. The monoisotopic (exact) mass is 204 g/mol. The number of Topliss-reactive ketones (excluding diaryl/α,β-unsaturated/α-hetero) is 1. The van der Waals surface area contributed by atoms with Gasteiger partial charge in [0.1, 0.15) is 5.78 Å². The van der Waals surface area contributed by atoms with Crippen LogP contribution in [0.3, 0.4) is 0 Å². The molecular weight excluding hydrogens is 180 g/mol. The van der Waals surface area contributed by atoms with Gasteiger partial charge < -0.3 is 10.2 Å². The van der Waals surface area contributed by atoms with E-state index < -0.39 is 0 Å². The third kappa shape index (κ3) is 17.6. The first-order valence-electron chi connectivity index (χ1n) is 5.46. The quantitative estimate of drug-likeness (QED) is 0.666. The summed E-state index contributed by atoms with van der Waals surface area (Å²) >= 11 is 0. The molecule has 0 fully saturated rings. The molecule has 0 rings (SSSR count). The maximum Gasteiger partial charge on any atom is 0.132 e. The summed E-state index contributed by atoms with van der Waals surface area (Å²) in [5, 5.41) is 15.2. The molecule has 0 atom stereocenters. The Hall–Kier alpha value is -0.410. The predicted molar refractivity (Wildman–Crippen MR) is 58.2 cm³/mol. The Morgan fingerprint density at radius 2 is 1.29 bits per heavy atom. The highest BCUT2D eigenvalue weighted by molar-refractivity contribution is 5.78. The smallest absolute Gasteiger partial charge is 0.132 e. The first-order valence-corrected chi connectivity index (χ1v) is 5.46. The highest BCUT2D eigenvalue weighted by atomic mass is 16.3. The van der Waals surface area contributed by atoms with Crippen LogP contribution in [-0.4, -0.2) is 29.2 Å². The van der Waals surface area contributed by atoms with E-state index in [1.54, 1.807) is 0 Å². The number of aliphatic hydroxyl groups excluding tert-OH is 2. The van der Waals surface area contributed by atoms with E-state index >= 15 is 0 Å². The van der Waals surface area contributed by atoms with E-state index in [2.05, 4.69) is 13.8 Å². The molecule has 2 N–H and O–H groups in total. The summed E-state index contributed by atoms with van der Waals surface area (Å²) in [6.45, 7) is 3.99. The minimum atomic E-state index is -0.125. The number of ketones is 1. The zero-order chi connectivity index (χ0) is 11.2. The molecule has 3 nitrogen and oxygen atoms in total. The third-order valence-corrected chi connectivity index (χ3v) is 1.72. The van der Waals surface area contributed by atoms with Crippen LogP contribution in [0.4, 0.5) is 0 Å². The predicted octanol–water partition coefficient (Wildman–Crippen LogP) is 1.91. The summed E-state index contributed by atoms with van der Waals surface area (Å²) in [5.74, 6) is 0.448. The summed E-state index contributed by atoms with van der Waals surface area (Å²) in [5.41, 5.74) is 0. The van der Waals surface area contributed by atoms with Gasteiger partial charge in [0.2, 0.25) is 0 Å². The highest BCUT2D eigenvalue weighted by Gasteiger charge is 1.98. The third-order valence-electron chi connectivity index (χ3n) is 1.72. The lowest BCUT2D eigenvalue weighted by Gasteiger charge is -1.96. The molecule has 0 radical (unpaired) electrons. The van der Waals surface area contributed by atoms with Crippen LogP contribution in [0.2, 0.25) is 0 Å². The fraction of sp³-hybridized carbons (Fsp3) is 0.909. The Morgan fingerprint density at radius 1 is 0.929 bits per heavy atom. The van der Waals surface area contributed by atoms with Gasteiger partial charge in [-0.05, 0) is 12.8 Å². The Morgan fingerprint density at radius 3 is 1.50 bits per heavy atom.